The zero-order valence-corrected chi connectivity index (χ0v) is 7.95. The molecule has 1 atom stereocenters. The summed E-state index contributed by atoms with van der Waals surface area (Å²) in [6, 6.07) is 2.50. The van der Waals surface area contributed by atoms with E-state index in [1.165, 1.54) is 10.4 Å². The summed E-state index contributed by atoms with van der Waals surface area (Å²) >= 11 is 1.84. The molecule has 62 valence electrons. The smallest absolute Gasteiger partial charge is 0.00749 e. The quantitative estimate of drug-likeness (QED) is 0.738. The van der Waals surface area contributed by atoms with Crippen LogP contribution in [0, 0.1) is 6.92 Å². The standard InChI is InChI=1S/C9H15NS/c1-7-5-6-11-9(7)4-3-8(2)10/h5-6,8H,3-4,10H2,1-2H3. The number of aryl methyl sites for hydroxylation is 2. The van der Waals surface area contributed by atoms with Crippen LogP contribution in [-0.4, -0.2) is 6.04 Å². The minimum absolute atomic E-state index is 0.330. The molecule has 2 heteroatoms. The lowest BCUT2D eigenvalue weighted by Gasteiger charge is -2.02. The molecule has 0 radical (unpaired) electrons. The van der Waals surface area contributed by atoms with Crippen LogP contribution in [0.3, 0.4) is 0 Å². The van der Waals surface area contributed by atoms with Crippen molar-refractivity contribution in [2.45, 2.75) is 32.7 Å². The maximum absolute atomic E-state index is 5.66. The molecule has 0 spiro atoms. The molecule has 0 bridgehead atoms. The second kappa shape index (κ2) is 3.88. The topological polar surface area (TPSA) is 26.0 Å². The van der Waals surface area contributed by atoms with Crippen LogP contribution in [-0.2, 0) is 6.42 Å². The van der Waals surface area contributed by atoms with Crippen molar-refractivity contribution in [2.24, 2.45) is 5.73 Å². The highest BCUT2D eigenvalue weighted by molar-refractivity contribution is 7.10. The third-order valence-electron chi connectivity index (χ3n) is 1.79. The number of nitrogens with two attached hydrogens (primary N) is 1. The summed E-state index contributed by atoms with van der Waals surface area (Å²) < 4.78 is 0. The molecule has 0 amide bonds. The fourth-order valence-corrected chi connectivity index (χ4v) is 1.95. The van der Waals surface area contributed by atoms with Gasteiger partial charge in [0.25, 0.3) is 0 Å². The lowest BCUT2D eigenvalue weighted by atomic mass is 10.1. The van der Waals surface area contributed by atoms with E-state index in [1.54, 1.807) is 0 Å². The average Bonchev–Trinajstić information content (AvgIpc) is 2.31. The zero-order chi connectivity index (χ0) is 8.27. The fraction of sp³-hybridized carbons (Fsp3) is 0.556. The summed E-state index contributed by atoms with van der Waals surface area (Å²) in [5.41, 5.74) is 7.08. The second-order valence-corrected chi connectivity index (χ2v) is 4.04. The Labute approximate surface area is 72.2 Å². The monoisotopic (exact) mass is 169 g/mol. The predicted molar refractivity (Wildman–Crippen MR) is 51.0 cm³/mol. The summed E-state index contributed by atoms with van der Waals surface area (Å²) in [7, 11) is 0. The first-order chi connectivity index (χ1) is 5.20. The van der Waals surface area contributed by atoms with Gasteiger partial charge in [0, 0.05) is 10.9 Å². The maximum atomic E-state index is 5.66. The summed E-state index contributed by atoms with van der Waals surface area (Å²) in [6.45, 7) is 4.22. The Kier molecular flexibility index (Phi) is 3.09. The van der Waals surface area contributed by atoms with Crippen LogP contribution in [0.15, 0.2) is 11.4 Å². The zero-order valence-electron chi connectivity index (χ0n) is 7.13. The van der Waals surface area contributed by atoms with E-state index in [0.29, 0.717) is 6.04 Å². The molecule has 0 aromatic carbocycles. The number of hydrogen-bond donors (Lipinski definition) is 1. The van der Waals surface area contributed by atoms with E-state index >= 15 is 0 Å². The van der Waals surface area contributed by atoms with Crippen molar-refractivity contribution in [1.82, 2.24) is 0 Å². The van der Waals surface area contributed by atoms with Gasteiger partial charge in [0.15, 0.2) is 0 Å². The second-order valence-electron chi connectivity index (χ2n) is 3.04. The summed E-state index contributed by atoms with van der Waals surface area (Å²) in [4.78, 5) is 1.49. The molecule has 1 rings (SSSR count). The molecule has 1 unspecified atom stereocenters. The van der Waals surface area contributed by atoms with Crippen molar-refractivity contribution in [1.29, 1.82) is 0 Å². The third kappa shape index (κ3) is 2.64. The van der Waals surface area contributed by atoms with Crippen molar-refractivity contribution in [2.75, 3.05) is 0 Å². The number of rotatable bonds is 3. The largest absolute Gasteiger partial charge is 0.328 e. The van der Waals surface area contributed by atoms with E-state index in [0.717, 1.165) is 12.8 Å². The first kappa shape index (κ1) is 8.75. The SMILES string of the molecule is Cc1ccsc1CCC(C)N. The van der Waals surface area contributed by atoms with E-state index in [4.69, 9.17) is 5.73 Å². The van der Waals surface area contributed by atoms with Gasteiger partial charge in [-0.1, -0.05) is 0 Å². The van der Waals surface area contributed by atoms with Gasteiger partial charge in [0.05, 0.1) is 0 Å². The van der Waals surface area contributed by atoms with E-state index < -0.39 is 0 Å². The Balaban J connectivity index is 2.44. The fourth-order valence-electron chi connectivity index (χ4n) is 1.02. The van der Waals surface area contributed by atoms with Gasteiger partial charge in [-0.2, -0.15) is 0 Å². The van der Waals surface area contributed by atoms with Crippen LogP contribution in [0.1, 0.15) is 23.8 Å². The lowest BCUT2D eigenvalue weighted by Crippen LogP contribution is -2.15. The van der Waals surface area contributed by atoms with Crippen LogP contribution >= 0.6 is 11.3 Å². The number of hydrogen-bond acceptors (Lipinski definition) is 2. The van der Waals surface area contributed by atoms with Crippen molar-refractivity contribution >= 4 is 11.3 Å². The third-order valence-corrected chi connectivity index (χ3v) is 2.88. The summed E-state index contributed by atoms with van der Waals surface area (Å²) in [5.74, 6) is 0. The molecule has 1 aromatic rings. The van der Waals surface area contributed by atoms with Gasteiger partial charge in [0.1, 0.15) is 0 Å². The average molecular weight is 169 g/mol. The minimum atomic E-state index is 0.330. The van der Waals surface area contributed by atoms with Gasteiger partial charge in [-0.25, -0.2) is 0 Å². The molecule has 1 nitrogen and oxygen atoms in total. The Morgan fingerprint density at radius 2 is 2.36 bits per heavy atom. The van der Waals surface area contributed by atoms with Gasteiger partial charge < -0.3 is 5.73 Å². The van der Waals surface area contributed by atoms with E-state index in [9.17, 15) is 0 Å². The molecule has 0 aliphatic carbocycles. The Bertz CT molecular complexity index is 215. The maximum Gasteiger partial charge on any atom is 0.00749 e. The van der Waals surface area contributed by atoms with Gasteiger partial charge in [-0.05, 0) is 43.7 Å². The first-order valence-corrected chi connectivity index (χ1v) is 4.86. The van der Waals surface area contributed by atoms with Crippen LogP contribution in [0.5, 0.6) is 0 Å². The normalized spacial score (nSPS) is 13.4. The molecule has 1 aromatic heterocycles. The molecule has 0 aliphatic heterocycles. The Morgan fingerprint density at radius 3 is 2.82 bits per heavy atom. The molecule has 2 N–H and O–H groups in total. The molecular formula is C9H15NS. The Hall–Kier alpha value is -0.340. The highest BCUT2D eigenvalue weighted by Gasteiger charge is 2.00. The van der Waals surface area contributed by atoms with Crippen LogP contribution in [0.4, 0.5) is 0 Å². The van der Waals surface area contributed by atoms with Gasteiger partial charge in [-0.15, -0.1) is 11.3 Å². The molecule has 1 heterocycles. The number of thiophene rings is 1. The molecule has 0 saturated heterocycles. The van der Waals surface area contributed by atoms with Gasteiger partial charge in [-0.3, -0.25) is 0 Å². The van der Waals surface area contributed by atoms with Crippen molar-refractivity contribution in [3.05, 3.63) is 21.9 Å². The molecule has 0 saturated carbocycles. The summed E-state index contributed by atoms with van der Waals surface area (Å²) in [5, 5.41) is 2.14. The van der Waals surface area contributed by atoms with Crippen LogP contribution in [0.2, 0.25) is 0 Å². The highest BCUT2D eigenvalue weighted by Crippen LogP contribution is 2.17. The van der Waals surface area contributed by atoms with Gasteiger partial charge >= 0.3 is 0 Å². The minimum Gasteiger partial charge on any atom is -0.328 e. The molecule has 0 fully saturated rings. The van der Waals surface area contributed by atoms with Crippen molar-refractivity contribution in [3.8, 4) is 0 Å². The predicted octanol–water partition coefficient (Wildman–Crippen LogP) is 2.34. The van der Waals surface area contributed by atoms with Crippen LogP contribution < -0.4 is 5.73 Å². The summed E-state index contributed by atoms with van der Waals surface area (Å²) in [6.07, 6.45) is 2.24. The molecule has 0 aliphatic rings. The first-order valence-electron chi connectivity index (χ1n) is 3.98. The van der Waals surface area contributed by atoms with Crippen molar-refractivity contribution in [3.63, 3.8) is 0 Å². The highest BCUT2D eigenvalue weighted by atomic mass is 32.1. The van der Waals surface area contributed by atoms with E-state index in [-0.39, 0.29) is 0 Å². The van der Waals surface area contributed by atoms with E-state index in [1.807, 2.05) is 11.3 Å². The lowest BCUT2D eigenvalue weighted by molar-refractivity contribution is 0.669. The molecular weight excluding hydrogens is 154 g/mol. The van der Waals surface area contributed by atoms with Gasteiger partial charge in [0.2, 0.25) is 0 Å². The van der Waals surface area contributed by atoms with Crippen LogP contribution in [0.25, 0.3) is 0 Å². The molecule has 11 heavy (non-hydrogen) atoms. The van der Waals surface area contributed by atoms with E-state index in [2.05, 4.69) is 25.3 Å². The van der Waals surface area contributed by atoms with Crippen molar-refractivity contribution < 1.29 is 0 Å². The Morgan fingerprint density at radius 1 is 1.64 bits per heavy atom.